The lowest BCUT2D eigenvalue weighted by atomic mass is 9.88. The molecule has 0 aliphatic heterocycles. The average Bonchev–Trinajstić information content (AvgIpc) is 3.20. The number of anilines is 1. The van der Waals surface area contributed by atoms with Gasteiger partial charge in [0.05, 0.1) is 10.5 Å². The molecular formula is C26H29N3O4S2. The molecule has 1 aliphatic carbocycles. The molecule has 2 aromatic carbocycles. The summed E-state index contributed by atoms with van der Waals surface area (Å²) < 4.78 is 27.2. The number of carbonyl (C=O) groups excluding carboxylic acids is 2. The van der Waals surface area contributed by atoms with E-state index in [-0.39, 0.29) is 23.3 Å². The van der Waals surface area contributed by atoms with Crippen LogP contribution in [0.4, 0.5) is 5.00 Å². The van der Waals surface area contributed by atoms with Crippen LogP contribution in [0, 0.1) is 5.92 Å². The van der Waals surface area contributed by atoms with Crippen molar-refractivity contribution >= 4 is 38.2 Å². The number of hydrogen-bond donors (Lipinski definition) is 2. The minimum absolute atomic E-state index is 0.110. The van der Waals surface area contributed by atoms with Crippen LogP contribution in [-0.2, 0) is 29.4 Å². The van der Waals surface area contributed by atoms with Gasteiger partial charge < -0.3 is 10.6 Å². The molecule has 9 heteroatoms. The first kappa shape index (κ1) is 25.1. The highest BCUT2D eigenvalue weighted by atomic mass is 32.2. The highest BCUT2D eigenvalue weighted by molar-refractivity contribution is 7.89. The van der Waals surface area contributed by atoms with Crippen molar-refractivity contribution in [1.82, 2.24) is 9.62 Å². The molecule has 2 amide bonds. The molecule has 1 atom stereocenters. The van der Waals surface area contributed by atoms with Crippen LogP contribution in [0.25, 0.3) is 0 Å². The van der Waals surface area contributed by atoms with Crippen molar-refractivity contribution in [1.29, 1.82) is 0 Å². The standard InChI is InChI=1S/C26H29N3O4S2/c1-17-9-14-21-22(15-17)34-26(23(21)25(31)27-2)28-24(30)19-10-12-20(13-11-19)35(32,33)29(3)16-18-7-5-4-6-8-18/h4-8,10-13,17H,9,14-16H2,1-3H3,(H,27,31)(H,28,30)/t17-/m1/s1. The van der Waals surface area contributed by atoms with Crippen molar-refractivity contribution < 1.29 is 18.0 Å². The summed E-state index contributed by atoms with van der Waals surface area (Å²) in [6.45, 7) is 2.43. The Labute approximate surface area is 210 Å². The lowest BCUT2D eigenvalue weighted by molar-refractivity contribution is 0.0963. The van der Waals surface area contributed by atoms with Crippen molar-refractivity contribution in [3.63, 3.8) is 0 Å². The molecule has 0 spiro atoms. The van der Waals surface area contributed by atoms with Crippen molar-refractivity contribution in [2.24, 2.45) is 5.92 Å². The van der Waals surface area contributed by atoms with Crippen LogP contribution in [0.2, 0.25) is 0 Å². The van der Waals surface area contributed by atoms with Crippen LogP contribution in [-0.4, -0.2) is 38.6 Å². The monoisotopic (exact) mass is 511 g/mol. The molecule has 3 aromatic rings. The molecule has 1 aliphatic rings. The van der Waals surface area contributed by atoms with E-state index in [9.17, 15) is 18.0 Å². The second-order valence-electron chi connectivity index (χ2n) is 8.86. The molecule has 0 saturated carbocycles. The largest absolute Gasteiger partial charge is 0.355 e. The number of carbonyl (C=O) groups is 2. The SMILES string of the molecule is CNC(=O)c1c(NC(=O)c2ccc(S(=O)(=O)N(C)Cc3ccccc3)cc2)sc2c1CC[C@@H](C)C2. The minimum atomic E-state index is -3.72. The molecule has 0 fully saturated rings. The summed E-state index contributed by atoms with van der Waals surface area (Å²) in [6.07, 6.45) is 2.72. The zero-order valence-electron chi connectivity index (χ0n) is 20.0. The third-order valence-electron chi connectivity index (χ3n) is 6.27. The van der Waals surface area contributed by atoms with E-state index in [1.54, 1.807) is 7.05 Å². The normalized spacial score (nSPS) is 15.5. The smallest absolute Gasteiger partial charge is 0.256 e. The van der Waals surface area contributed by atoms with Crippen molar-refractivity contribution in [3.05, 3.63) is 81.7 Å². The third kappa shape index (κ3) is 5.32. The van der Waals surface area contributed by atoms with Gasteiger partial charge >= 0.3 is 0 Å². The van der Waals surface area contributed by atoms with Gasteiger partial charge in [-0.3, -0.25) is 9.59 Å². The summed E-state index contributed by atoms with van der Waals surface area (Å²) in [5.74, 6) is -0.0598. The van der Waals surface area contributed by atoms with E-state index in [1.807, 2.05) is 30.3 Å². The Balaban J connectivity index is 1.52. The van der Waals surface area contributed by atoms with Gasteiger partial charge in [-0.2, -0.15) is 4.31 Å². The molecule has 2 N–H and O–H groups in total. The van der Waals surface area contributed by atoms with Gasteiger partial charge in [-0.25, -0.2) is 8.42 Å². The Morgan fingerprint density at radius 1 is 1.06 bits per heavy atom. The van der Waals surface area contributed by atoms with Gasteiger partial charge in [-0.15, -0.1) is 11.3 Å². The fourth-order valence-corrected chi connectivity index (χ4v) is 6.83. The van der Waals surface area contributed by atoms with Gasteiger partial charge in [-0.05, 0) is 60.6 Å². The number of nitrogens with zero attached hydrogens (tertiary/aromatic N) is 1. The van der Waals surface area contributed by atoms with E-state index in [2.05, 4.69) is 17.6 Å². The van der Waals surface area contributed by atoms with Gasteiger partial charge in [0.15, 0.2) is 0 Å². The van der Waals surface area contributed by atoms with Gasteiger partial charge in [0.1, 0.15) is 5.00 Å². The van der Waals surface area contributed by atoms with E-state index >= 15 is 0 Å². The summed E-state index contributed by atoms with van der Waals surface area (Å²) in [4.78, 5) is 26.8. The highest BCUT2D eigenvalue weighted by Crippen LogP contribution is 2.39. The van der Waals surface area contributed by atoms with Gasteiger partial charge in [0.2, 0.25) is 10.0 Å². The van der Waals surface area contributed by atoms with E-state index in [0.717, 1.165) is 35.3 Å². The quantitative estimate of drug-likeness (QED) is 0.494. The maximum atomic E-state index is 13.0. The van der Waals surface area contributed by atoms with Crippen molar-refractivity contribution in [2.75, 3.05) is 19.4 Å². The Morgan fingerprint density at radius 3 is 2.40 bits per heavy atom. The van der Waals surface area contributed by atoms with E-state index in [1.165, 1.54) is 47.0 Å². The maximum absolute atomic E-state index is 13.0. The van der Waals surface area contributed by atoms with Crippen LogP contribution in [0.15, 0.2) is 59.5 Å². The fraction of sp³-hybridized carbons (Fsp3) is 0.308. The molecule has 4 rings (SSSR count). The van der Waals surface area contributed by atoms with Crippen molar-refractivity contribution in [2.45, 2.75) is 37.6 Å². The van der Waals surface area contributed by atoms with Crippen LogP contribution in [0.1, 0.15) is 50.1 Å². The number of fused-ring (bicyclic) bond motifs is 1. The second-order valence-corrected chi connectivity index (χ2v) is 12.0. The number of benzene rings is 2. The lowest BCUT2D eigenvalue weighted by Crippen LogP contribution is -2.26. The lowest BCUT2D eigenvalue weighted by Gasteiger charge is -2.18. The van der Waals surface area contributed by atoms with Gasteiger partial charge in [-0.1, -0.05) is 37.3 Å². The molecule has 0 saturated heterocycles. The van der Waals surface area contributed by atoms with Crippen LogP contribution < -0.4 is 10.6 Å². The maximum Gasteiger partial charge on any atom is 0.256 e. The summed E-state index contributed by atoms with van der Waals surface area (Å²) >= 11 is 1.45. The molecule has 0 unspecified atom stereocenters. The molecule has 184 valence electrons. The Kier molecular flexibility index (Phi) is 7.39. The van der Waals surface area contributed by atoms with E-state index in [4.69, 9.17) is 0 Å². The first-order chi connectivity index (χ1) is 16.7. The van der Waals surface area contributed by atoms with Gasteiger partial charge in [0, 0.05) is 31.1 Å². The molecule has 1 heterocycles. The Hall–Kier alpha value is -3.01. The molecule has 0 radical (unpaired) electrons. The first-order valence-corrected chi connectivity index (χ1v) is 13.7. The predicted molar refractivity (Wildman–Crippen MR) is 138 cm³/mol. The molecule has 7 nitrogen and oxygen atoms in total. The number of rotatable bonds is 7. The number of amides is 2. The molecule has 1 aromatic heterocycles. The highest BCUT2D eigenvalue weighted by Gasteiger charge is 2.28. The first-order valence-electron chi connectivity index (χ1n) is 11.5. The Bertz CT molecular complexity index is 1330. The molecule has 35 heavy (non-hydrogen) atoms. The number of sulfonamides is 1. The van der Waals surface area contributed by atoms with Crippen LogP contribution in [0.3, 0.4) is 0 Å². The summed E-state index contributed by atoms with van der Waals surface area (Å²) in [5, 5.41) is 6.10. The predicted octanol–water partition coefficient (Wildman–Crippen LogP) is 4.31. The van der Waals surface area contributed by atoms with Crippen LogP contribution >= 0.6 is 11.3 Å². The molecular weight excluding hydrogens is 482 g/mol. The van der Waals surface area contributed by atoms with Crippen molar-refractivity contribution in [3.8, 4) is 0 Å². The number of hydrogen-bond acceptors (Lipinski definition) is 5. The fourth-order valence-electron chi connectivity index (χ4n) is 4.26. The minimum Gasteiger partial charge on any atom is -0.355 e. The molecule has 0 bridgehead atoms. The summed E-state index contributed by atoms with van der Waals surface area (Å²) in [6, 6.07) is 15.2. The summed E-state index contributed by atoms with van der Waals surface area (Å²) in [7, 11) is -0.605. The topological polar surface area (TPSA) is 95.6 Å². The zero-order valence-corrected chi connectivity index (χ0v) is 21.6. The average molecular weight is 512 g/mol. The van der Waals surface area contributed by atoms with Gasteiger partial charge in [0.25, 0.3) is 11.8 Å². The van der Waals surface area contributed by atoms with E-state index in [0.29, 0.717) is 22.0 Å². The summed E-state index contributed by atoms with van der Waals surface area (Å²) in [5.41, 5.74) is 2.76. The second kappa shape index (κ2) is 10.3. The Morgan fingerprint density at radius 2 is 1.74 bits per heavy atom. The van der Waals surface area contributed by atoms with Crippen LogP contribution in [0.5, 0.6) is 0 Å². The zero-order chi connectivity index (χ0) is 25.2. The van der Waals surface area contributed by atoms with E-state index < -0.39 is 10.0 Å². The number of thiophene rings is 1. The number of nitrogens with one attached hydrogen (secondary N) is 2. The third-order valence-corrected chi connectivity index (χ3v) is 9.25.